The smallest absolute Gasteiger partial charge is 0.120 e. The normalized spacial score (nSPS) is 23.7. The van der Waals surface area contributed by atoms with Gasteiger partial charge < -0.3 is 5.32 Å². The first kappa shape index (κ1) is 14.9. The molecular formula is C15H27N3S. The quantitative estimate of drug-likeness (QED) is 0.827. The third-order valence-corrected chi connectivity index (χ3v) is 5.38. The van der Waals surface area contributed by atoms with E-state index in [9.17, 15) is 0 Å². The number of hydrogen-bond donors (Lipinski definition) is 1. The summed E-state index contributed by atoms with van der Waals surface area (Å²) in [4.78, 5) is 0. The number of aromatic nitrogens is 2. The first-order valence-corrected chi connectivity index (χ1v) is 8.62. The molecule has 2 rings (SSSR count). The van der Waals surface area contributed by atoms with E-state index in [1.54, 1.807) is 0 Å². The second kappa shape index (κ2) is 7.95. The van der Waals surface area contributed by atoms with Crippen LogP contribution in [0.15, 0.2) is 0 Å². The van der Waals surface area contributed by atoms with Gasteiger partial charge in [0.1, 0.15) is 10.0 Å². The van der Waals surface area contributed by atoms with Crippen molar-refractivity contribution < 1.29 is 0 Å². The zero-order chi connectivity index (χ0) is 13.5. The lowest BCUT2D eigenvalue weighted by Crippen LogP contribution is -2.13. The molecule has 19 heavy (non-hydrogen) atoms. The summed E-state index contributed by atoms with van der Waals surface area (Å²) >= 11 is 1.84. The van der Waals surface area contributed by atoms with E-state index in [-0.39, 0.29) is 0 Å². The van der Waals surface area contributed by atoms with Crippen molar-refractivity contribution in [2.45, 2.75) is 64.2 Å². The van der Waals surface area contributed by atoms with E-state index in [2.05, 4.69) is 22.4 Å². The van der Waals surface area contributed by atoms with Crippen molar-refractivity contribution in [2.24, 2.45) is 5.92 Å². The molecule has 1 aliphatic rings. The number of likely N-dealkylation sites (N-methyl/N-ethyl adjacent to an activating group) is 1. The van der Waals surface area contributed by atoms with Gasteiger partial charge in [-0.2, -0.15) is 0 Å². The number of nitrogens with one attached hydrogen (secondary N) is 1. The molecule has 0 unspecified atom stereocenters. The molecule has 0 saturated heterocycles. The van der Waals surface area contributed by atoms with Crippen LogP contribution in [-0.4, -0.2) is 23.8 Å². The van der Waals surface area contributed by atoms with Crippen molar-refractivity contribution in [3.63, 3.8) is 0 Å². The summed E-state index contributed by atoms with van der Waals surface area (Å²) in [5.74, 6) is 1.67. The Hall–Kier alpha value is -0.480. The van der Waals surface area contributed by atoms with Crippen LogP contribution >= 0.6 is 11.3 Å². The van der Waals surface area contributed by atoms with Crippen LogP contribution in [0.2, 0.25) is 0 Å². The van der Waals surface area contributed by atoms with E-state index >= 15 is 0 Å². The molecule has 1 N–H and O–H groups in total. The first-order chi connectivity index (χ1) is 9.33. The average Bonchev–Trinajstić information content (AvgIpc) is 2.92. The lowest BCUT2D eigenvalue weighted by atomic mass is 9.80. The molecule has 3 nitrogen and oxygen atoms in total. The molecule has 1 aromatic rings. The van der Waals surface area contributed by atoms with Gasteiger partial charge in [-0.05, 0) is 38.6 Å². The SMILES string of the molecule is CCCCC1CCC(c2nnc(CCNC)s2)CC1. The Balaban J connectivity index is 1.78. The van der Waals surface area contributed by atoms with Gasteiger partial charge in [-0.1, -0.05) is 26.2 Å². The van der Waals surface area contributed by atoms with Gasteiger partial charge in [0.05, 0.1) is 0 Å². The molecule has 1 aromatic heterocycles. The maximum atomic E-state index is 4.42. The molecule has 0 aliphatic heterocycles. The fraction of sp³-hybridized carbons (Fsp3) is 0.867. The summed E-state index contributed by atoms with van der Waals surface area (Å²) < 4.78 is 0. The Kier molecular flexibility index (Phi) is 6.24. The summed E-state index contributed by atoms with van der Waals surface area (Å²) in [7, 11) is 1.99. The van der Waals surface area contributed by atoms with Crippen molar-refractivity contribution in [3.8, 4) is 0 Å². The van der Waals surface area contributed by atoms with Crippen molar-refractivity contribution in [1.82, 2.24) is 15.5 Å². The molecule has 0 spiro atoms. The van der Waals surface area contributed by atoms with Crippen molar-refractivity contribution in [3.05, 3.63) is 10.0 Å². The molecule has 1 fully saturated rings. The Labute approximate surface area is 121 Å². The van der Waals surface area contributed by atoms with Crippen molar-refractivity contribution in [1.29, 1.82) is 0 Å². The van der Waals surface area contributed by atoms with E-state index in [4.69, 9.17) is 0 Å². The minimum Gasteiger partial charge on any atom is -0.319 e. The van der Waals surface area contributed by atoms with Gasteiger partial charge in [-0.15, -0.1) is 21.5 Å². The molecule has 1 saturated carbocycles. The van der Waals surface area contributed by atoms with Gasteiger partial charge in [0.15, 0.2) is 0 Å². The number of unbranched alkanes of at least 4 members (excludes halogenated alkanes) is 1. The highest BCUT2D eigenvalue weighted by molar-refractivity contribution is 7.11. The maximum absolute atomic E-state index is 4.42. The van der Waals surface area contributed by atoms with Gasteiger partial charge in [0.25, 0.3) is 0 Å². The largest absolute Gasteiger partial charge is 0.319 e. The van der Waals surface area contributed by atoms with Crippen LogP contribution in [0.3, 0.4) is 0 Å². The molecule has 0 aromatic carbocycles. The highest BCUT2D eigenvalue weighted by Crippen LogP contribution is 2.38. The lowest BCUT2D eigenvalue weighted by molar-refractivity contribution is 0.303. The topological polar surface area (TPSA) is 37.8 Å². The molecule has 0 atom stereocenters. The Bertz CT molecular complexity index is 356. The van der Waals surface area contributed by atoms with Gasteiger partial charge in [0, 0.05) is 18.9 Å². The van der Waals surface area contributed by atoms with Crippen LogP contribution in [0.1, 0.15) is 67.8 Å². The molecule has 0 bridgehead atoms. The fourth-order valence-corrected chi connectivity index (χ4v) is 3.97. The van der Waals surface area contributed by atoms with Crippen molar-refractivity contribution >= 4 is 11.3 Å². The van der Waals surface area contributed by atoms with Crippen LogP contribution in [0, 0.1) is 5.92 Å². The summed E-state index contributed by atoms with van der Waals surface area (Å²) in [5, 5.41) is 14.4. The summed E-state index contributed by atoms with van der Waals surface area (Å²) in [6.45, 7) is 3.29. The second-order valence-corrected chi connectivity index (χ2v) is 6.84. The Morgan fingerprint density at radius 3 is 2.68 bits per heavy atom. The van der Waals surface area contributed by atoms with Crippen LogP contribution in [-0.2, 0) is 6.42 Å². The Morgan fingerprint density at radius 2 is 2.00 bits per heavy atom. The monoisotopic (exact) mass is 281 g/mol. The van der Waals surface area contributed by atoms with E-state index < -0.39 is 0 Å². The van der Waals surface area contributed by atoms with Crippen molar-refractivity contribution in [2.75, 3.05) is 13.6 Å². The second-order valence-electron chi connectivity index (χ2n) is 5.75. The van der Waals surface area contributed by atoms with Gasteiger partial charge in [0.2, 0.25) is 0 Å². The fourth-order valence-electron chi connectivity index (χ4n) is 2.96. The minimum absolute atomic E-state index is 0.693. The summed E-state index contributed by atoms with van der Waals surface area (Å²) in [6, 6.07) is 0. The van der Waals surface area contributed by atoms with E-state index in [0.29, 0.717) is 5.92 Å². The molecular weight excluding hydrogens is 254 g/mol. The summed E-state index contributed by atoms with van der Waals surface area (Å²) in [6.07, 6.45) is 10.6. The lowest BCUT2D eigenvalue weighted by Gasteiger charge is -2.26. The molecule has 108 valence electrons. The van der Waals surface area contributed by atoms with Gasteiger partial charge in [-0.25, -0.2) is 0 Å². The molecule has 1 heterocycles. The number of hydrogen-bond acceptors (Lipinski definition) is 4. The third kappa shape index (κ3) is 4.53. The van der Waals surface area contributed by atoms with Crippen LogP contribution in [0.4, 0.5) is 0 Å². The standard InChI is InChI=1S/C15H27N3S/c1-3-4-5-12-6-8-13(9-7-12)15-18-17-14(19-15)10-11-16-2/h12-13,16H,3-11H2,1-2H3. The number of nitrogens with zero attached hydrogens (tertiary/aromatic N) is 2. The van der Waals surface area contributed by atoms with Gasteiger partial charge >= 0.3 is 0 Å². The maximum Gasteiger partial charge on any atom is 0.120 e. The molecule has 4 heteroatoms. The molecule has 0 amide bonds. The van der Waals surface area contributed by atoms with E-state index in [1.807, 2.05) is 18.4 Å². The van der Waals surface area contributed by atoms with E-state index in [1.165, 1.54) is 55.0 Å². The number of rotatable bonds is 7. The highest BCUT2D eigenvalue weighted by Gasteiger charge is 2.24. The molecule has 1 aliphatic carbocycles. The predicted octanol–water partition coefficient (Wildman–Crippen LogP) is 3.76. The van der Waals surface area contributed by atoms with E-state index in [0.717, 1.165) is 18.9 Å². The zero-order valence-electron chi connectivity index (χ0n) is 12.3. The third-order valence-electron chi connectivity index (χ3n) is 4.23. The average molecular weight is 281 g/mol. The molecule has 0 radical (unpaired) electrons. The zero-order valence-corrected chi connectivity index (χ0v) is 13.1. The predicted molar refractivity (Wildman–Crippen MR) is 81.8 cm³/mol. The van der Waals surface area contributed by atoms with Gasteiger partial charge in [-0.3, -0.25) is 0 Å². The first-order valence-electron chi connectivity index (χ1n) is 7.80. The van der Waals surface area contributed by atoms with Crippen LogP contribution < -0.4 is 5.32 Å². The minimum atomic E-state index is 0.693. The summed E-state index contributed by atoms with van der Waals surface area (Å²) in [5.41, 5.74) is 0. The van der Waals surface area contributed by atoms with Crippen LogP contribution in [0.25, 0.3) is 0 Å². The highest BCUT2D eigenvalue weighted by atomic mass is 32.1. The van der Waals surface area contributed by atoms with Crippen LogP contribution in [0.5, 0.6) is 0 Å². The Morgan fingerprint density at radius 1 is 1.21 bits per heavy atom.